The molecule has 0 fully saturated rings. The average Bonchev–Trinajstić information content (AvgIpc) is 2.82. The highest BCUT2D eigenvalue weighted by atomic mass is 16.2. The maximum atomic E-state index is 13.1. The van der Waals surface area contributed by atoms with Gasteiger partial charge in [0, 0.05) is 18.0 Å². The van der Waals surface area contributed by atoms with Crippen molar-refractivity contribution < 1.29 is 9.59 Å². The number of pyridine rings is 1. The summed E-state index contributed by atoms with van der Waals surface area (Å²) < 4.78 is 0. The van der Waals surface area contributed by atoms with Gasteiger partial charge in [-0.3, -0.25) is 14.6 Å². The van der Waals surface area contributed by atoms with Crippen LogP contribution in [0, 0.1) is 0 Å². The summed E-state index contributed by atoms with van der Waals surface area (Å²) in [6.07, 6.45) is 1.94. The summed E-state index contributed by atoms with van der Waals surface area (Å²) in [7, 11) is 0. The van der Waals surface area contributed by atoms with Gasteiger partial charge in [-0.15, -0.1) is 0 Å². The number of primary amides is 1. The van der Waals surface area contributed by atoms with Crippen molar-refractivity contribution >= 4 is 44.3 Å². The van der Waals surface area contributed by atoms with Crippen LogP contribution in [0.5, 0.6) is 0 Å². The summed E-state index contributed by atoms with van der Waals surface area (Å²) in [5.74, 6) is -0.953. The highest BCUT2D eigenvalue weighted by molar-refractivity contribution is 6.07. The molecule has 156 valence electrons. The lowest BCUT2D eigenvalue weighted by Gasteiger charge is -2.19. The minimum atomic E-state index is -0.865. The molecule has 4 aromatic carbocycles. The number of benzene rings is 4. The maximum Gasteiger partial charge on any atom is 0.254 e. The molecule has 0 saturated carbocycles. The molecule has 32 heavy (non-hydrogen) atoms. The van der Waals surface area contributed by atoms with Crippen molar-refractivity contribution in [2.45, 2.75) is 12.5 Å². The summed E-state index contributed by atoms with van der Waals surface area (Å²) in [6, 6.07) is 26.5. The number of carbonyl (C=O) groups is 2. The van der Waals surface area contributed by atoms with E-state index in [2.05, 4.69) is 16.4 Å². The van der Waals surface area contributed by atoms with Gasteiger partial charge >= 0.3 is 0 Å². The molecular formula is C27H21N3O2. The number of fused-ring (bicyclic) bond motifs is 3. The van der Waals surface area contributed by atoms with Gasteiger partial charge in [0.25, 0.3) is 5.91 Å². The predicted octanol–water partition coefficient (Wildman–Crippen LogP) is 4.37. The third-order valence-corrected chi connectivity index (χ3v) is 5.82. The van der Waals surface area contributed by atoms with E-state index in [1.54, 1.807) is 18.3 Å². The Morgan fingerprint density at radius 2 is 1.44 bits per heavy atom. The molecule has 0 aliphatic heterocycles. The number of nitrogens with one attached hydrogen (secondary N) is 1. The number of carbonyl (C=O) groups excluding carboxylic acids is 2. The number of para-hydroxylation sites is 1. The van der Waals surface area contributed by atoms with Crippen LogP contribution < -0.4 is 11.1 Å². The van der Waals surface area contributed by atoms with Gasteiger partial charge in [0.15, 0.2) is 0 Å². The van der Waals surface area contributed by atoms with E-state index in [1.165, 1.54) is 0 Å². The lowest BCUT2D eigenvalue weighted by atomic mass is 9.92. The Bertz CT molecular complexity index is 1430. The number of hydrogen-bond donors (Lipinski definition) is 2. The molecule has 0 bridgehead atoms. The first-order chi connectivity index (χ1) is 15.6. The van der Waals surface area contributed by atoms with Crippen LogP contribution in [0.1, 0.15) is 15.9 Å². The zero-order valence-electron chi connectivity index (χ0n) is 17.3. The van der Waals surface area contributed by atoms with E-state index in [-0.39, 0.29) is 5.91 Å². The fourth-order valence-electron chi connectivity index (χ4n) is 4.28. The van der Waals surface area contributed by atoms with Crippen molar-refractivity contribution in [3.8, 4) is 0 Å². The van der Waals surface area contributed by atoms with Gasteiger partial charge in [0.05, 0.1) is 11.1 Å². The number of nitrogens with zero attached hydrogens (tertiary/aromatic N) is 1. The van der Waals surface area contributed by atoms with Crippen molar-refractivity contribution in [3.05, 3.63) is 102 Å². The molecule has 0 radical (unpaired) electrons. The number of rotatable bonds is 5. The summed E-state index contributed by atoms with van der Waals surface area (Å²) in [4.78, 5) is 29.9. The van der Waals surface area contributed by atoms with Crippen LogP contribution in [-0.2, 0) is 11.2 Å². The van der Waals surface area contributed by atoms with Gasteiger partial charge in [-0.2, -0.15) is 0 Å². The van der Waals surface area contributed by atoms with E-state index in [0.29, 0.717) is 17.5 Å². The van der Waals surface area contributed by atoms with Crippen LogP contribution in [0.25, 0.3) is 32.4 Å². The largest absolute Gasteiger partial charge is 0.368 e. The average molecular weight is 419 g/mol. The smallest absolute Gasteiger partial charge is 0.254 e. The fraction of sp³-hybridized carbons (Fsp3) is 0.0741. The SMILES string of the molecule is NC(=O)[C@@H](Cc1c2ccccc2cc2ccccc12)NC(=O)c1cccc2cccnc12. The zero-order chi connectivity index (χ0) is 22.1. The first-order valence-corrected chi connectivity index (χ1v) is 10.4. The third-order valence-electron chi connectivity index (χ3n) is 5.82. The number of nitrogens with two attached hydrogens (primary N) is 1. The van der Waals surface area contributed by atoms with Gasteiger partial charge in [0.1, 0.15) is 6.04 Å². The number of aromatic nitrogens is 1. The van der Waals surface area contributed by atoms with Crippen LogP contribution in [0.3, 0.4) is 0 Å². The van der Waals surface area contributed by atoms with Crippen LogP contribution in [0.2, 0.25) is 0 Å². The minimum Gasteiger partial charge on any atom is -0.368 e. The minimum absolute atomic E-state index is 0.293. The van der Waals surface area contributed by atoms with Gasteiger partial charge < -0.3 is 11.1 Å². The van der Waals surface area contributed by atoms with E-state index in [1.807, 2.05) is 66.7 Å². The molecule has 0 aliphatic rings. The molecule has 1 atom stereocenters. The Balaban J connectivity index is 1.55. The Morgan fingerprint density at radius 3 is 2.12 bits per heavy atom. The molecule has 0 unspecified atom stereocenters. The molecule has 5 heteroatoms. The molecule has 5 rings (SSSR count). The van der Waals surface area contributed by atoms with Crippen molar-refractivity contribution in [1.29, 1.82) is 0 Å². The van der Waals surface area contributed by atoms with Crippen LogP contribution >= 0.6 is 0 Å². The second-order valence-electron chi connectivity index (χ2n) is 7.81. The summed E-state index contributed by atoms with van der Waals surface area (Å²) in [5.41, 5.74) is 7.73. The lowest BCUT2D eigenvalue weighted by molar-refractivity contribution is -0.119. The first kappa shape index (κ1) is 19.7. The highest BCUT2D eigenvalue weighted by Gasteiger charge is 2.23. The monoisotopic (exact) mass is 419 g/mol. The second-order valence-corrected chi connectivity index (χ2v) is 7.81. The molecule has 5 nitrogen and oxygen atoms in total. The van der Waals surface area contributed by atoms with E-state index < -0.39 is 11.9 Å². The van der Waals surface area contributed by atoms with Crippen LogP contribution in [0.15, 0.2) is 91.1 Å². The van der Waals surface area contributed by atoms with E-state index >= 15 is 0 Å². The van der Waals surface area contributed by atoms with Gasteiger partial charge in [-0.25, -0.2) is 0 Å². The van der Waals surface area contributed by atoms with E-state index in [9.17, 15) is 9.59 Å². The predicted molar refractivity (Wildman–Crippen MR) is 127 cm³/mol. The first-order valence-electron chi connectivity index (χ1n) is 10.4. The molecule has 0 aliphatic carbocycles. The summed E-state index contributed by atoms with van der Waals surface area (Å²) in [5, 5.41) is 7.94. The molecule has 0 spiro atoms. The molecule has 1 aromatic heterocycles. The van der Waals surface area contributed by atoms with Gasteiger partial charge in [-0.05, 0) is 45.3 Å². The zero-order valence-corrected chi connectivity index (χ0v) is 17.3. The van der Waals surface area contributed by atoms with Crippen molar-refractivity contribution in [1.82, 2.24) is 10.3 Å². The molecule has 5 aromatic rings. The van der Waals surface area contributed by atoms with Crippen LogP contribution in [0.4, 0.5) is 0 Å². The standard InChI is InChI=1S/C27H21N3O2/c28-26(31)24(30-27(32)22-13-5-9-17-10-6-14-29-25(17)22)16-23-20-11-3-1-7-18(20)15-19-8-2-4-12-21(19)23/h1-15,24H,16H2,(H2,28,31)(H,30,32)/t24-/m1/s1. The normalized spacial score (nSPS) is 12.1. The maximum absolute atomic E-state index is 13.1. The Morgan fingerprint density at radius 1 is 0.812 bits per heavy atom. The number of amides is 2. The molecule has 1 heterocycles. The quantitative estimate of drug-likeness (QED) is 0.415. The lowest BCUT2D eigenvalue weighted by Crippen LogP contribution is -2.46. The molecule has 0 saturated heterocycles. The molecule has 3 N–H and O–H groups in total. The van der Waals surface area contributed by atoms with E-state index in [0.717, 1.165) is 32.5 Å². The topological polar surface area (TPSA) is 85.1 Å². The van der Waals surface area contributed by atoms with Gasteiger partial charge in [0.2, 0.25) is 5.91 Å². The van der Waals surface area contributed by atoms with Crippen molar-refractivity contribution in [2.24, 2.45) is 5.73 Å². The highest BCUT2D eigenvalue weighted by Crippen LogP contribution is 2.29. The Hall–Kier alpha value is -4.25. The molecular weight excluding hydrogens is 398 g/mol. The second kappa shape index (κ2) is 8.12. The third kappa shape index (κ3) is 3.54. The van der Waals surface area contributed by atoms with Crippen LogP contribution in [-0.4, -0.2) is 22.8 Å². The van der Waals surface area contributed by atoms with Crippen molar-refractivity contribution in [3.63, 3.8) is 0 Å². The summed E-state index contributed by atoms with van der Waals surface area (Å²) >= 11 is 0. The fourth-order valence-corrected chi connectivity index (χ4v) is 4.28. The molecule has 2 amide bonds. The summed E-state index contributed by atoms with van der Waals surface area (Å²) in [6.45, 7) is 0. The Labute approximate surface area is 184 Å². The Kier molecular flexibility index (Phi) is 5.00. The number of hydrogen-bond acceptors (Lipinski definition) is 3. The van der Waals surface area contributed by atoms with Crippen molar-refractivity contribution in [2.75, 3.05) is 0 Å². The van der Waals surface area contributed by atoms with E-state index in [4.69, 9.17) is 5.73 Å². The van der Waals surface area contributed by atoms with Gasteiger partial charge in [-0.1, -0.05) is 66.7 Å².